The van der Waals surface area contributed by atoms with E-state index in [4.69, 9.17) is 10.6 Å². The second kappa shape index (κ2) is 5.27. The number of hydrogen-bond acceptors (Lipinski definition) is 4. The molecule has 5 heteroatoms. The lowest BCUT2D eigenvalue weighted by Gasteiger charge is -2.12. The number of amides is 1. The topological polar surface area (TPSA) is 81.4 Å². The Morgan fingerprint density at radius 3 is 2.31 bits per heavy atom. The molecule has 16 heavy (non-hydrogen) atoms. The SMILES string of the molecule is CC(=O)c1ccc(O[C@@H](C)C(=O)NN)cc1. The number of Topliss-reactive ketones (excluding diaryl/α,β-unsaturated/α-hetero) is 1. The van der Waals surface area contributed by atoms with Crippen molar-refractivity contribution in [2.75, 3.05) is 0 Å². The Morgan fingerprint density at radius 1 is 1.31 bits per heavy atom. The van der Waals surface area contributed by atoms with Gasteiger partial charge in [-0.1, -0.05) is 0 Å². The van der Waals surface area contributed by atoms with E-state index < -0.39 is 12.0 Å². The van der Waals surface area contributed by atoms with Gasteiger partial charge in [-0.05, 0) is 38.1 Å². The molecular weight excluding hydrogens is 208 g/mol. The number of carbonyl (C=O) groups excluding carboxylic acids is 2. The fourth-order valence-electron chi connectivity index (χ4n) is 1.14. The fourth-order valence-corrected chi connectivity index (χ4v) is 1.14. The molecule has 1 aromatic rings. The van der Waals surface area contributed by atoms with Gasteiger partial charge in [-0.25, -0.2) is 5.84 Å². The molecule has 1 atom stereocenters. The van der Waals surface area contributed by atoms with E-state index in [9.17, 15) is 9.59 Å². The van der Waals surface area contributed by atoms with Crippen molar-refractivity contribution >= 4 is 11.7 Å². The van der Waals surface area contributed by atoms with E-state index in [2.05, 4.69) is 0 Å². The molecule has 0 unspecified atom stereocenters. The minimum atomic E-state index is -0.673. The van der Waals surface area contributed by atoms with Gasteiger partial charge >= 0.3 is 0 Å². The molecule has 0 spiro atoms. The number of nitrogens with one attached hydrogen (secondary N) is 1. The predicted octanol–water partition coefficient (Wildman–Crippen LogP) is 0.646. The van der Waals surface area contributed by atoms with Crippen LogP contribution in [0.15, 0.2) is 24.3 Å². The lowest BCUT2D eigenvalue weighted by Crippen LogP contribution is -2.40. The van der Waals surface area contributed by atoms with E-state index in [-0.39, 0.29) is 5.78 Å². The quantitative estimate of drug-likeness (QED) is 0.339. The number of nitrogens with two attached hydrogens (primary N) is 1. The van der Waals surface area contributed by atoms with E-state index in [0.29, 0.717) is 11.3 Å². The molecule has 1 rings (SSSR count). The molecule has 0 aliphatic heterocycles. The summed E-state index contributed by atoms with van der Waals surface area (Å²) >= 11 is 0. The van der Waals surface area contributed by atoms with E-state index in [1.807, 2.05) is 5.43 Å². The maximum atomic E-state index is 11.1. The highest BCUT2D eigenvalue weighted by molar-refractivity contribution is 5.94. The molecule has 0 bridgehead atoms. The van der Waals surface area contributed by atoms with Crippen LogP contribution in [0.1, 0.15) is 24.2 Å². The third-order valence-corrected chi connectivity index (χ3v) is 2.09. The van der Waals surface area contributed by atoms with Crippen LogP contribution in [0.4, 0.5) is 0 Å². The largest absolute Gasteiger partial charge is 0.481 e. The number of carbonyl (C=O) groups is 2. The zero-order valence-electron chi connectivity index (χ0n) is 9.19. The van der Waals surface area contributed by atoms with Crippen LogP contribution in [0.5, 0.6) is 5.75 Å². The Morgan fingerprint density at radius 2 is 1.88 bits per heavy atom. The number of ketones is 1. The van der Waals surface area contributed by atoms with Crippen LogP contribution >= 0.6 is 0 Å². The summed E-state index contributed by atoms with van der Waals surface area (Å²) in [5, 5.41) is 0. The lowest BCUT2D eigenvalue weighted by molar-refractivity contribution is -0.127. The fraction of sp³-hybridized carbons (Fsp3) is 0.273. The van der Waals surface area contributed by atoms with E-state index in [0.717, 1.165) is 0 Å². The molecule has 1 aromatic carbocycles. The first-order valence-corrected chi connectivity index (χ1v) is 4.82. The van der Waals surface area contributed by atoms with Crippen LogP contribution in [0.3, 0.4) is 0 Å². The van der Waals surface area contributed by atoms with Gasteiger partial charge in [0.1, 0.15) is 5.75 Å². The molecule has 0 heterocycles. The summed E-state index contributed by atoms with van der Waals surface area (Å²) in [6.07, 6.45) is -0.673. The van der Waals surface area contributed by atoms with Crippen LogP contribution < -0.4 is 16.0 Å². The average molecular weight is 222 g/mol. The minimum Gasteiger partial charge on any atom is -0.481 e. The van der Waals surface area contributed by atoms with Gasteiger partial charge < -0.3 is 4.74 Å². The summed E-state index contributed by atoms with van der Waals surface area (Å²) < 4.78 is 5.30. The molecule has 1 amide bonds. The summed E-state index contributed by atoms with van der Waals surface area (Å²) in [4.78, 5) is 22.1. The van der Waals surface area contributed by atoms with Gasteiger partial charge in [0.15, 0.2) is 11.9 Å². The second-order valence-corrected chi connectivity index (χ2v) is 3.35. The van der Waals surface area contributed by atoms with Gasteiger partial charge in [0.25, 0.3) is 5.91 Å². The lowest BCUT2D eigenvalue weighted by atomic mass is 10.1. The first kappa shape index (κ1) is 12.2. The van der Waals surface area contributed by atoms with Crippen molar-refractivity contribution in [3.05, 3.63) is 29.8 Å². The highest BCUT2D eigenvalue weighted by atomic mass is 16.5. The predicted molar refractivity (Wildman–Crippen MR) is 58.9 cm³/mol. The van der Waals surface area contributed by atoms with Crippen molar-refractivity contribution in [1.82, 2.24) is 5.43 Å². The van der Waals surface area contributed by atoms with Crippen molar-refractivity contribution in [3.63, 3.8) is 0 Å². The highest BCUT2D eigenvalue weighted by Crippen LogP contribution is 2.14. The number of rotatable bonds is 4. The van der Waals surface area contributed by atoms with Crippen molar-refractivity contribution < 1.29 is 14.3 Å². The molecule has 0 aliphatic rings. The summed E-state index contributed by atoms with van der Waals surface area (Å²) in [6, 6.07) is 6.56. The molecule has 0 fully saturated rings. The Labute approximate surface area is 93.6 Å². The maximum Gasteiger partial charge on any atom is 0.274 e. The molecule has 0 aromatic heterocycles. The minimum absolute atomic E-state index is 0.0145. The van der Waals surface area contributed by atoms with Gasteiger partial charge in [-0.15, -0.1) is 0 Å². The zero-order chi connectivity index (χ0) is 12.1. The molecule has 0 saturated carbocycles. The van der Waals surface area contributed by atoms with Crippen molar-refractivity contribution in [3.8, 4) is 5.75 Å². The van der Waals surface area contributed by atoms with Crippen molar-refractivity contribution in [2.24, 2.45) is 5.84 Å². The van der Waals surface area contributed by atoms with E-state index >= 15 is 0 Å². The molecule has 3 N–H and O–H groups in total. The van der Waals surface area contributed by atoms with Crippen LogP contribution in [0.2, 0.25) is 0 Å². The number of hydrogen-bond donors (Lipinski definition) is 2. The smallest absolute Gasteiger partial charge is 0.274 e. The molecule has 0 saturated heterocycles. The van der Waals surface area contributed by atoms with Crippen LogP contribution in [0.25, 0.3) is 0 Å². The summed E-state index contributed by atoms with van der Waals surface area (Å²) in [5.74, 6) is 5.06. The Bertz CT molecular complexity index is 387. The Balaban J connectivity index is 2.68. The normalized spacial score (nSPS) is 11.7. The third-order valence-electron chi connectivity index (χ3n) is 2.09. The second-order valence-electron chi connectivity index (χ2n) is 3.35. The number of benzene rings is 1. The zero-order valence-corrected chi connectivity index (χ0v) is 9.19. The number of ether oxygens (including phenoxy) is 1. The maximum absolute atomic E-state index is 11.1. The highest BCUT2D eigenvalue weighted by Gasteiger charge is 2.12. The molecule has 5 nitrogen and oxygen atoms in total. The summed E-state index contributed by atoms with van der Waals surface area (Å²) in [6.45, 7) is 3.07. The Hall–Kier alpha value is -1.88. The number of hydrazine groups is 1. The Kier molecular flexibility index (Phi) is 4.02. The van der Waals surface area contributed by atoms with Gasteiger partial charge in [0.05, 0.1) is 0 Å². The third kappa shape index (κ3) is 3.06. The first-order chi connectivity index (χ1) is 7.54. The van der Waals surface area contributed by atoms with E-state index in [1.54, 1.807) is 31.2 Å². The summed E-state index contributed by atoms with van der Waals surface area (Å²) in [7, 11) is 0. The van der Waals surface area contributed by atoms with Gasteiger partial charge in [0, 0.05) is 5.56 Å². The van der Waals surface area contributed by atoms with E-state index in [1.165, 1.54) is 6.92 Å². The first-order valence-electron chi connectivity index (χ1n) is 4.82. The molecule has 0 aliphatic carbocycles. The standard InChI is InChI=1S/C11H14N2O3/c1-7(14)9-3-5-10(6-4-9)16-8(2)11(15)13-12/h3-6,8H,12H2,1-2H3,(H,13,15)/t8-/m0/s1. The van der Waals surface area contributed by atoms with Crippen LogP contribution in [0, 0.1) is 0 Å². The average Bonchev–Trinajstić information content (AvgIpc) is 2.28. The molecule has 86 valence electrons. The van der Waals surface area contributed by atoms with Crippen LogP contribution in [-0.4, -0.2) is 17.8 Å². The van der Waals surface area contributed by atoms with Crippen LogP contribution in [-0.2, 0) is 4.79 Å². The summed E-state index contributed by atoms with van der Waals surface area (Å²) in [5.41, 5.74) is 2.60. The molecular formula is C11H14N2O3. The van der Waals surface area contributed by atoms with Crippen molar-refractivity contribution in [2.45, 2.75) is 20.0 Å². The monoisotopic (exact) mass is 222 g/mol. The van der Waals surface area contributed by atoms with Gasteiger partial charge in [-0.2, -0.15) is 0 Å². The van der Waals surface area contributed by atoms with Crippen molar-refractivity contribution in [1.29, 1.82) is 0 Å². The van der Waals surface area contributed by atoms with Gasteiger partial charge in [-0.3, -0.25) is 15.0 Å². The molecule has 0 radical (unpaired) electrons. The van der Waals surface area contributed by atoms with Gasteiger partial charge in [0.2, 0.25) is 0 Å².